The fourth-order valence-electron chi connectivity index (χ4n) is 3.16. The highest BCUT2D eigenvalue weighted by Gasteiger charge is 2.74. The minimum absolute atomic E-state index is 0.385. The Labute approximate surface area is 150 Å². The molecule has 4 aliphatic rings. The van der Waals surface area contributed by atoms with Gasteiger partial charge in [0.05, 0.1) is 6.61 Å². The first kappa shape index (κ1) is 19.2. The van der Waals surface area contributed by atoms with Crippen molar-refractivity contribution in [2.24, 2.45) is 20.7 Å². The second-order valence-electron chi connectivity index (χ2n) is 6.12. The number of phosphoric ester groups is 1. The lowest BCUT2D eigenvalue weighted by Crippen LogP contribution is -2.70. The van der Waals surface area contributed by atoms with Crippen molar-refractivity contribution in [3.8, 4) is 0 Å². The summed E-state index contributed by atoms with van der Waals surface area (Å²) in [6.07, 6.45) is -4.83. The van der Waals surface area contributed by atoms with Crippen molar-refractivity contribution in [3.05, 3.63) is 0 Å². The molecule has 150 valence electrons. The fourth-order valence-corrected chi connectivity index (χ4v) is 4.76. The number of hydrogen-bond acceptors (Lipinski definition) is 12. The lowest BCUT2D eigenvalue weighted by Gasteiger charge is -2.43. The van der Waals surface area contributed by atoms with E-state index in [-0.39, 0.29) is 0 Å². The zero-order valence-corrected chi connectivity index (χ0v) is 15.0. The van der Waals surface area contributed by atoms with Crippen LogP contribution in [0.25, 0.3) is 0 Å². The van der Waals surface area contributed by atoms with Crippen LogP contribution in [0.2, 0.25) is 0 Å². The number of likely N-dealkylation sites (tertiary alicyclic amines) is 1. The van der Waals surface area contributed by atoms with Gasteiger partial charge in [0.25, 0.3) is 0 Å². The Morgan fingerprint density at radius 2 is 1.96 bits per heavy atom. The zero-order valence-electron chi connectivity index (χ0n) is 13.2. The van der Waals surface area contributed by atoms with Crippen molar-refractivity contribution in [3.63, 3.8) is 0 Å². The van der Waals surface area contributed by atoms with E-state index in [0.29, 0.717) is 11.7 Å². The number of aliphatic imine (C=N–C) groups is 3. The molecule has 2 fully saturated rings. The molecule has 17 heteroatoms. The molecule has 27 heavy (non-hydrogen) atoms. The predicted molar refractivity (Wildman–Crippen MR) is 85.5 cm³/mol. The average molecular weight is 427 g/mol. The molecule has 0 saturated carbocycles. The fraction of sp³-hybridized carbons (Fsp3) is 0.700. The number of hydrogen-bond donors (Lipinski definition) is 6. The summed E-state index contributed by atoms with van der Waals surface area (Å²) >= 11 is 0. The summed E-state index contributed by atoms with van der Waals surface area (Å²) in [6.45, 7) is -0.790. The molecule has 4 rings (SSSR count). The Balaban J connectivity index is 1.42. The van der Waals surface area contributed by atoms with Crippen LogP contribution >= 0.6 is 15.6 Å². The van der Waals surface area contributed by atoms with E-state index in [1.807, 2.05) is 0 Å². The van der Waals surface area contributed by atoms with Gasteiger partial charge in [0.2, 0.25) is 5.54 Å². The van der Waals surface area contributed by atoms with Crippen molar-refractivity contribution in [2.75, 3.05) is 6.61 Å². The highest BCUT2D eigenvalue weighted by atomic mass is 31.3. The number of nitrogens with zero attached hydrogens (tertiary/aromatic N) is 4. The summed E-state index contributed by atoms with van der Waals surface area (Å²) in [4.78, 5) is 40.0. The molecule has 4 heterocycles. The van der Waals surface area contributed by atoms with E-state index in [1.165, 1.54) is 11.2 Å². The quantitative estimate of drug-likeness (QED) is 0.231. The summed E-state index contributed by atoms with van der Waals surface area (Å²) in [6, 6.07) is 0. The van der Waals surface area contributed by atoms with Gasteiger partial charge in [-0.3, -0.25) is 14.4 Å². The Bertz CT molecular complexity index is 857. The van der Waals surface area contributed by atoms with Crippen molar-refractivity contribution >= 4 is 33.7 Å². The summed E-state index contributed by atoms with van der Waals surface area (Å²) in [5, 5.41) is 20.3. The molecule has 0 radical (unpaired) electrons. The number of ether oxygens (including phenoxy) is 1. The lowest BCUT2D eigenvalue weighted by atomic mass is 9.90. The molecule has 0 aromatic carbocycles. The van der Waals surface area contributed by atoms with E-state index in [2.05, 4.69) is 23.8 Å². The SMILES string of the molecule is NC1N=CN=C2N([C@@H]3O[C@H](COP(=O)(O)OP(=O)(O)O)[C@@H](O)[C@H]3O)C3=N[C@@]231. The van der Waals surface area contributed by atoms with Crippen molar-refractivity contribution in [1.29, 1.82) is 0 Å². The monoisotopic (exact) mass is 427 g/mol. The second-order valence-corrected chi connectivity index (χ2v) is 8.95. The van der Waals surface area contributed by atoms with Gasteiger partial charge in [-0.15, -0.1) is 0 Å². The largest absolute Gasteiger partial charge is 0.481 e. The number of nitrogens with two attached hydrogens (primary N) is 1. The first-order chi connectivity index (χ1) is 12.5. The van der Waals surface area contributed by atoms with Gasteiger partial charge in [0, 0.05) is 0 Å². The number of amidine groups is 2. The van der Waals surface area contributed by atoms with Crippen LogP contribution in [-0.2, 0) is 22.7 Å². The second kappa shape index (κ2) is 5.95. The lowest BCUT2D eigenvalue weighted by molar-refractivity contribution is -0.0557. The van der Waals surface area contributed by atoms with Gasteiger partial charge >= 0.3 is 15.6 Å². The number of phosphoric acid groups is 2. The van der Waals surface area contributed by atoms with E-state index < -0.39 is 58.5 Å². The van der Waals surface area contributed by atoms with Crippen molar-refractivity contribution < 1.29 is 47.6 Å². The smallest absolute Gasteiger partial charge is 0.387 e. The minimum atomic E-state index is -5.28. The van der Waals surface area contributed by atoms with E-state index in [0.717, 1.165) is 0 Å². The van der Waals surface area contributed by atoms with E-state index >= 15 is 0 Å². The van der Waals surface area contributed by atoms with Crippen molar-refractivity contribution in [1.82, 2.24) is 4.90 Å². The maximum Gasteiger partial charge on any atom is 0.481 e. The molecule has 0 aliphatic carbocycles. The first-order valence-corrected chi connectivity index (χ1v) is 10.5. The standard InChI is InChI=1S/C10H15N5O10P2/c11-7-10-8(13-2-12-7)15(9(10)14-10)6-5(17)4(16)3(24-6)1-23-27(21,22)25-26(18,19)20/h2-7,16-17H,1,11H2,(H,21,22)(H2,18,19,20)/t3-,4-,5-,6-,7?,10+/m1/s1. The number of rotatable bonds is 6. The highest BCUT2D eigenvalue weighted by molar-refractivity contribution is 7.60. The van der Waals surface area contributed by atoms with Crippen LogP contribution in [0.1, 0.15) is 0 Å². The molecular formula is C10H15N5O10P2. The summed E-state index contributed by atoms with van der Waals surface area (Å²) in [5.74, 6) is 0.858. The zero-order chi connectivity index (χ0) is 19.8. The molecule has 0 amide bonds. The van der Waals surface area contributed by atoms with Crippen LogP contribution in [0.15, 0.2) is 15.0 Å². The normalized spacial score (nSPS) is 41.9. The maximum atomic E-state index is 11.5. The molecule has 1 spiro atoms. The van der Waals surface area contributed by atoms with Crippen LogP contribution < -0.4 is 5.73 Å². The molecule has 2 unspecified atom stereocenters. The Kier molecular flexibility index (Phi) is 4.24. The van der Waals surface area contributed by atoms with E-state index in [1.54, 1.807) is 0 Å². The average Bonchev–Trinajstić information content (AvgIpc) is 3.07. The molecule has 7 N–H and O–H groups in total. The molecule has 2 saturated heterocycles. The van der Waals surface area contributed by atoms with E-state index in [4.69, 9.17) is 20.3 Å². The van der Waals surface area contributed by atoms with Gasteiger partial charge in [-0.1, -0.05) is 0 Å². The van der Waals surface area contributed by atoms with Gasteiger partial charge in [-0.25, -0.2) is 19.1 Å². The topological polar surface area (TPSA) is 229 Å². The third kappa shape index (κ3) is 3.01. The Morgan fingerprint density at radius 1 is 1.26 bits per heavy atom. The van der Waals surface area contributed by atoms with Crippen LogP contribution in [-0.4, -0.2) is 90.7 Å². The Morgan fingerprint density at radius 3 is 2.63 bits per heavy atom. The van der Waals surface area contributed by atoms with E-state index in [9.17, 15) is 24.2 Å². The van der Waals surface area contributed by atoms with Crippen LogP contribution in [0, 0.1) is 0 Å². The Hall–Kier alpha value is -1.09. The molecule has 7 atom stereocenters. The number of aliphatic hydroxyl groups is 2. The minimum Gasteiger partial charge on any atom is -0.387 e. The summed E-state index contributed by atoms with van der Waals surface area (Å²) in [5.41, 5.74) is 5.02. The van der Waals surface area contributed by atoms with Gasteiger partial charge in [0.1, 0.15) is 36.7 Å². The third-order valence-corrected chi connectivity index (χ3v) is 6.56. The number of aliphatic hydroxyl groups excluding tert-OH is 2. The molecule has 0 aromatic rings. The van der Waals surface area contributed by atoms with Gasteiger partial charge in [0.15, 0.2) is 12.1 Å². The predicted octanol–water partition coefficient (Wildman–Crippen LogP) is -3.15. The highest BCUT2D eigenvalue weighted by Crippen LogP contribution is 2.58. The summed E-state index contributed by atoms with van der Waals surface area (Å²) in [7, 11) is -10.4. The molecule has 4 aliphatic heterocycles. The molecule has 15 nitrogen and oxygen atoms in total. The summed E-state index contributed by atoms with van der Waals surface area (Å²) < 4.78 is 35.6. The van der Waals surface area contributed by atoms with Crippen LogP contribution in [0.3, 0.4) is 0 Å². The van der Waals surface area contributed by atoms with Crippen LogP contribution in [0.4, 0.5) is 0 Å². The van der Waals surface area contributed by atoms with Gasteiger partial charge in [-0.2, -0.15) is 4.31 Å². The van der Waals surface area contributed by atoms with Gasteiger partial charge in [-0.05, 0) is 0 Å². The first-order valence-electron chi connectivity index (χ1n) is 7.47. The molecule has 0 aromatic heterocycles. The van der Waals surface area contributed by atoms with Crippen LogP contribution in [0.5, 0.6) is 0 Å². The maximum absolute atomic E-state index is 11.5. The van der Waals surface area contributed by atoms with Gasteiger partial charge < -0.3 is 35.4 Å². The third-order valence-electron chi connectivity index (χ3n) is 4.41. The molecular weight excluding hydrogens is 412 g/mol. The molecule has 0 bridgehead atoms. The van der Waals surface area contributed by atoms with Crippen molar-refractivity contribution in [2.45, 2.75) is 36.2 Å².